The first-order valence-corrected chi connectivity index (χ1v) is 15.1. The van der Waals surface area contributed by atoms with Gasteiger partial charge in [-0.1, -0.05) is 71.0 Å². The summed E-state index contributed by atoms with van der Waals surface area (Å²) < 4.78 is 6.97. The molecule has 0 bridgehead atoms. The van der Waals surface area contributed by atoms with Crippen LogP contribution in [0.4, 0.5) is 0 Å². The normalized spacial score (nSPS) is 20.2. The van der Waals surface area contributed by atoms with Crippen molar-refractivity contribution in [1.82, 2.24) is 14.8 Å². The van der Waals surface area contributed by atoms with Crippen molar-refractivity contribution < 1.29 is 9.13 Å². The molecule has 0 fully saturated rings. The summed E-state index contributed by atoms with van der Waals surface area (Å²) in [6, 6.07) is 26.4. The van der Waals surface area contributed by atoms with E-state index in [-0.39, 0.29) is 16.4 Å². The van der Waals surface area contributed by atoms with Gasteiger partial charge in [-0.25, -0.2) is 4.57 Å². The number of fused-ring (bicyclic) bond motifs is 5. The van der Waals surface area contributed by atoms with Gasteiger partial charge in [0, 0.05) is 35.1 Å². The lowest BCUT2D eigenvalue weighted by atomic mass is 9.58. The van der Waals surface area contributed by atoms with Crippen LogP contribution in [0.3, 0.4) is 0 Å². The van der Waals surface area contributed by atoms with Crippen molar-refractivity contribution in [3.63, 3.8) is 0 Å². The fraction of sp³-hybridized carbons (Fsp3) is 0.389. The number of para-hydroxylation sites is 1. The summed E-state index contributed by atoms with van der Waals surface area (Å²) in [5.41, 5.74) is 8.26. The van der Waals surface area contributed by atoms with E-state index < -0.39 is 0 Å². The molecule has 2 unspecified atom stereocenters. The first-order valence-electron chi connectivity index (χ1n) is 15.1. The largest absolute Gasteiger partial charge is 0.287 e. The summed E-state index contributed by atoms with van der Waals surface area (Å²) in [7, 11) is 2.12. The molecular weight excluding hydrogens is 502 g/mol. The van der Waals surface area contributed by atoms with Crippen molar-refractivity contribution in [1.29, 1.82) is 0 Å². The van der Waals surface area contributed by atoms with Crippen LogP contribution in [-0.2, 0) is 30.0 Å². The molecule has 0 saturated heterocycles. The third-order valence-corrected chi connectivity index (χ3v) is 9.88. The van der Waals surface area contributed by atoms with Gasteiger partial charge in [-0.05, 0) is 61.0 Å². The van der Waals surface area contributed by atoms with Gasteiger partial charge in [0.1, 0.15) is 24.0 Å². The summed E-state index contributed by atoms with van der Waals surface area (Å²) >= 11 is 0. The molecule has 1 aliphatic rings. The Morgan fingerprint density at radius 2 is 1.63 bits per heavy atom. The molecule has 2 aromatic carbocycles. The van der Waals surface area contributed by atoms with E-state index in [0.29, 0.717) is 0 Å². The first kappa shape index (κ1) is 27.3. The molecule has 210 valence electrons. The Morgan fingerprint density at radius 3 is 2.37 bits per heavy atom. The second kappa shape index (κ2) is 9.90. The number of hydrogen-bond donors (Lipinski definition) is 0. The molecule has 5 nitrogen and oxygen atoms in total. The maximum Gasteiger partial charge on any atom is 0.287 e. The van der Waals surface area contributed by atoms with Crippen molar-refractivity contribution in [2.24, 2.45) is 7.05 Å². The lowest BCUT2D eigenvalue weighted by Crippen LogP contribution is -2.68. The highest BCUT2D eigenvalue weighted by Gasteiger charge is 2.56. The maximum absolute atomic E-state index is 5.25. The van der Waals surface area contributed by atoms with Crippen LogP contribution in [0.5, 0.6) is 0 Å². The molecule has 0 radical (unpaired) electrons. The van der Waals surface area contributed by atoms with Crippen LogP contribution in [0.2, 0.25) is 0 Å². The fourth-order valence-corrected chi connectivity index (χ4v) is 7.28. The van der Waals surface area contributed by atoms with Crippen LogP contribution in [0.25, 0.3) is 33.5 Å². The SMILES string of the molecule is CCC1(CCn2nc(C(C)(C)C)cc2-c2cccc[n+]2C)c2ccccc2-c2c3ccccc3nc[n+]2C1(C)CC. The second-order valence-electron chi connectivity index (χ2n) is 12.9. The van der Waals surface area contributed by atoms with Crippen molar-refractivity contribution in [3.05, 3.63) is 96.6 Å². The summed E-state index contributed by atoms with van der Waals surface area (Å²) in [4.78, 5) is 4.97. The monoisotopic (exact) mass is 545 g/mol. The van der Waals surface area contributed by atoms with Gasteiger partial charge in [-0.2, -0.15) is 9.67 Å². The van der Waals surface area contributed by atoms with E-state index in [0.717, 1.165) is 37.0 Å². The lowest BCUT2D eigenvalue weighted by Gasteiger charge is -2.51. The Hall–Kier alpha value is -3.86. The molecule has 41 heavy (non-hydrogen) atoms. The molecule has 1 aliphatic heterocycles. The average molecular weight is 546 g/mol. The Labute approximate surface area is 244 Å². The molecule has 6 rings (SSSR count). The number of pyridine rings is 1. The molecule has 0 N–H and O–H groups in total. The highest BCUT2D eigenvalue weighted by molar-refractivity contribution is 5.92. The van der Waals surface area contributed by atoms with Crippen LogP contribution < -0.4 is 9.13 Å². The first-order chi connectivity index (χ1) is 19.6. The van der Waals surface area contributed by atoms with Crippen LogP contribution in [-0.4, -0.2) is 14.8 Å². The molecule has 0 aliphatic carbocycles. The minimum Gasteiger partial charge on any atom is -0.258 e. The number of rotatable bonds is 6. The smallest absolute Gasteiger partial charge is 0.258 e. The summed E-state index contributed by atoms with van der Waals surface area (Å²) in [6.45, 7) is 14.7. The topological polar surface area (TPSA) is 38.5 Å². The third kappa shape index (κ3) is 4.12. The van der Waals surface area contributed by atoms with Crippen LogP contribution >= 0.6 is 0 Å². The predicted octanol–water partition coefficient (Wildman–Crippen LogP) is 7.05. The number of aryl methyl sites for hydroxylation is 2. The Morgan fingerprint density at radius 1 is 0.902 bits per heavy atom. The van der Waals surface area contributed by atoms with E-state index in [9.17, 15) is 0 Å². The predicted molar refractivity (Wildman–Crippen MR) is 165 cm³/mol. The van der Waals surface area contributed by atoms with E-state index in [1.54, 1.807) is 0 Å². The molecule has 5 heteroatoms. The minimum absolute atomic E-state index is 0.0350. The number of nitrogens with zero attached hydrogens (tertiary/aromatic N) is 5. The number of benzene rings is 2. The molecule has 4 heterocycles. The van der Waals surface area contributed by atoms with Crippen molar-refractivity contribution in [3.8, 4) is 22.6 Å². The zero-order chi connectivity index (χ0) is 29.0. The molecule has 0 amide bonds. The van der Waals surface area contributed by atoms with Gasteiger partial charge in [0.05, 0.1) is 11.1 Å². The maximum atomic E-state index is 5.25. The van der Waals surface area contributed by atoms with Gasteiger partial charge >= 0.3 is 0 Å². The molecule has 0 saturated carbocycles. The van der Waals surface area contributed by atoms with Crippen molar-refractivity contribution in [2.75, 3.05) is 0 Å². The van der Waals surface area contributed by atoms with Gasteiger partial charge < -0.3 is 0 Å². The van der Waals surface area contributed by atoms with Gasteiger partial charge in [0.2, 0.25) is 5.69 Å². The molecule has 3 aromatic heterocycles. The third-order valence-electron chi connectivity index (χ3n) is 9.88. The Bertz CT molecular complexity index is 1740. The van der Waals surface area contributed by atoms with Crippen molar-refractivity contribution >= 4 is 10.9 Å². The second-order valence-corrected chi connectivity index (χ2v) is 12.9. The van der Waals surface area contributed by atoms with Gasteiger partial charge in [-0.15, -0.1) is 0 Å². The quantitative estimate of drug-likeness (QED) is 0.214. The van der Waals surface area contributed by atoms with E-state index in [1.807, 2.05) is 0 Å². The summed E-state index contributed by atoms with van der Waals surface area (Å²) in [5.74, 6) is 0. The highest BCUT2D eigenvalue weighted by atomic mass is 15.3. The van der Waals surface area contributed by atoms with E-state index in [2.05, 4.69) is 148 Å². The average Bonchev–Trinajstić information content (AvgIpc) is 3.42. The molecule has 5 aromatic rings. The van der Waals surface area contributed by atoms with Gasteiger partial charge in [0.25, 0.3) is 6.33 Å². The molecule has 0 spiro atoms. The molecular formula is C36H43N5+2. The Balaban J connectivity index is 1.53. The molecule has 2 atom stereocenters. The summed E-state index contributed by atoms with van der Waals surface area (Å²) in [6.07, 6.45) is 7.21. The Kier molecular flexibility index (Phi) is 6.60. The van der Waals surface area contributed by atoms with Gasteiger partial charge in [0.15, 0.2) is 11.7 Å². The highest BCUT2D eigenvalue weighted by Crippen LogP contribution is 2.52. The zero-order valence-corrected chi connectivity index (χ0v) is 25.6. The lowest BCUT2D eigenvalue weighted by molar-refractivity contribution is -0.767. The number of aromatic nitrogens is 5. The van der Waals surface area contributed by atoms with E-state index in [4.69, 9.17) is 10.1 Å². The van der Waals surface area contributed by atoms with E-state index in [1.165, 1.54) is 33.6 Å². The zero-order valence-electron chi connectivity index (χ0n) is 25.6. The standard InChI is InChI=1S/C36H43N5/c1-8-35(6)36(9-2,21-23-41-31(24-32(38-41)34(3,4)5)30-20-14-15-22-39(30)7)28-18-12-10-16-26(28)33-27-17-11-13-19-29(27)37-25-40(33)35/h10-20,22,24-25H,8-9,21,23H2,1-7H3/q+2. The van der Waals surface area contributed by atoms with E-state index >= 15 is 0 Å². The van der Waals surface area contributed by atoms with Gasteiger partial charge in [-0.3, -0.25) is 4.68 Å². The summed E-state index contributed by atoms with van der Waals surface area (Å²) in [5, 5.41) is 6.46. The van der Waals surface area contributed by atoms with Crippen LogP contribution in [0.15, 0.2) is 85.3 Å². The fourth-order valence-electron chi connectivity index (χ4n) is 7.28. The van der Waals surface area contributed by atoms with Crippen LogP contribution in [0, 0.1) is 0 Å². The minimum atomic E-state index is -0.167. The number of hydrogen-bond acceptors (Lipinski definition) is 2. The van der Waals surface area contributed by atoms with Crippen molar-refractivity contribution in [2.45, 2.75) is 83.7 Å². The van der Waals surface area contributed by atoms with Crippen LogP contribution in [0.1, 0.15) is 72.1 Å².